The van der Waals surface area contributed by atoms with E-state index in [2.05, 4.69) is 10.3 Å². The zero-order valence-corrected chi connectivity index (χ0v) is 9.88. The van der Waals surface area contributed by atoms with Gasteiger partial charge in [0, 0.05) is 11.9 Å². The molecule has 0 fully saturated rings. The minimum Gasteiger partial charge on any atom is -0.318 e. The van der Waals surface area contributed by atoms with E-state index >= 15 is 0 Å². The molecular weight excluding hydrogens is 228 g/mol. The molecule has 2 aromatic rings. The van der Waals surface area contributed by atoms with Crippen molar-refractivity contribution in [3.8, 4) is 0 Å². The van der Waals surface area contributed by atoms with Crippen LogP contribution in [0.4, 0.5) is 5.69 Å². The summed E-state index contributed by atoms with van der Waals surface area (Å²) in [6.07, 6.45) is 1.79. The highest BCUT2D eigenvalue weighted by molar-refractivity contribution is 6.51. The Morgan fingerprint density at radius 3 is 2.28 bits per heavy atom. The molecule has 1 amide bonds. The molecular formula is C14H12N2O2. The van der Waals surface area contributed by atoms with Crippen molar-refractivity contribution < 1.29 is 9.59 Å². The Labute approximate surface area is 105 Å². The SMILES string of the molecule is Cc1ccccn1.O=C1Nc2ccccc2C1=O. The Hall–Kier alpha value is -2.49. The third kappa shape index (κ3) is 2.60. The molecule has 1 N–H and O–H groups in total. The molecule has 1 aliphatic heterocycles. The first-order chi connectivity index (χ1) is 8.68. The standard InChI is InChI=1S/C8H5NO2.C6H7N/c10-7-5-3-1-2-4-6(5)9-8(7)11;1-6-4-2-3-5-7-6/h1-4H,(H,9,10,11);2-5H,1H3. The second kappa shape index (κ2) is 5.23. The molecule has 0 radical (unpaired) electrons. The van der Waals surface area contributed by atoms with Crippen LogP contribution in [0.5, 0.6) is 0 Å². The highest BCUT2D eigenvalue weighted by Gasteiger charge is 2.26. The van der Waals surface area contributed by atoms with Crippen LogP contribution in [0.1, 0.15) is 16.1 Å². The van der Waals surface area contributed by atoms with Crippen LogP contribution in [0.15, 0.2) is 48.7 Å². The lowest BCUT2D eigenvalue weighted by Crippen LogP contribution is -2.12. The second-order valence-electron chi connectivity index (χ2n) is 3.80. The summed E-state index contributed by atoms with van der Waals surface area (Å²) in [6, 6.07) is 12.7. The van der Waals surface area contributed by atoms with Gasteiger partial charge in [-0.25, -0.2) is 0 Å². The number of carbonyl (C=O) groups is 2. The minimum atomic E-state index is -0.536. The first kappa shape index (κ1) is 12.0. The fourth-order valence-corrected chi connectivity index (χ4v) is 1.54. The highest BCUT2D eigenvalue weighted by Crippen LogP contribution is 2.21. The minimum absolute atomic E-state index is 0.444. The van der Waals surface area contributed by atoms with Crippen LogP contribution in [0.2, 0.25) is 0 Å². The quantitative estimate of drug-likeness (QED) is 0.718. The van der Waals surface area contributed by atoms with E-state index in [1.807, 2.05) is 25.1 Å². The fourth-order valence-electron chi connectivity index (χ4n) is 1.54. The smallest absolute Gasteiger partial charge is 0.296 e. The third-order valence-electron chi connectivity index (χ3n) is 2.44. The number of ketones is 1. The predicted octanol–water partition coefficient (Wildman–Crippen LogP) is 2.21. The number of hydrogen-bond acceptors (Lipinski definition) is 3. The average molecular weight is 240 g/mol. The van der Waals surface area contributed by atoms with Crippen LogP contribution in [0.25, 0.3) is 0 Å². The number of hydrogen-bond donors (Lipinski definition) is 1. The Bertz CT molecular complexity index is 579. The van der Waals surface area contributed by atoms with Crippen molar-refractivity contribution in [3.63, 3.8) is 0 Å². The van der Waals surface area contributed by atoms with E-state index in [0.717, 1.165) is 5.69 Å². The molecule has 1 aromatic carbocycles. The zero-order chi connectivity index (χ0) is 13.0. The maximum Gasteiger partial charge on any atom is 0.296 e. The molecule has 2 heterocycles. The van der Waals surface area contributed by atoms with Gasteiger partial charge in [-0.3, -0.25) is 14.6 Å². The van der Waals surface area contributed by atoms with Crippen molar-refractivity contribution in [3.05, 3.63) is 59.9 Å². The molecule has 0 saturated carbocycles. The number of fused-ring (bicyclic) bond motifs is 1. The molecule has 1 aliphatic rings. The summed E-state index contributed by atoms with van der Waals surface area (Å²) in [5, 5.41) is 2.46. The monoisotopic (exact) mass is 240 g/mol. The number of anilines is 1. The van der Waals surface area contributed by atoms with Gasteiger partial charge in [0.05, 0.1) is 11.3 Å². The van der Waals surface area contributed by atoms with E-state index in [9.17, 15) is 9.59 Å². The van der Waals surface area contributed by atoms with Gasteiger partial charge < -0.3 is 5.32 Å². The second-order valence-corrected chi connectivity index (χ2v) is 3.80. The van der Waals surface area contributed by atoms with E-state index in [-0.39, 0.29) is 0 Å². The lowest BCUT2D eigenvalue weighted by molar-refractivity contribution is -0.112. The molecule has 0 aliphatic carbocycles. The van der Waals surface area contributed by atoms with E-state index in [0.29, 0.717) is 11.3 Å². The van der Waals surface area contributed by atoms with E-state index in [4.69, 9.17) is 0 Å². The summed E-state index contributed by atoms with van der Waals surface area (Å²) in [7, 11) is 0. The van der Waals surface area contributed by atoms with Crippen molar-refractivity contribution in [1.82, 2.24) is 4.98 Å². The molecule has 0 spiro atoms. The number of aryl methyl sites for hydroxylation is 1. The van der Waals surface area contributed by atoms with E-state index < -0.39 is 11.7 Å². The van der Waals surface area contributed by atoms with Crippen molar-refractivity contribution in [2.45, 2.75) is 6.92 Å². The summed E-state index contributed by atoms with van der Waals surface area (Å²) in [5.74, 6) is -0.980. The van der Waals surface area contributed by atoms with Crippen LogP contribution in [-0.2, 0) is 4.79 Å². The lowest BCUT2D eigenvalue weighted by Gasteiger charge is -1.91. The van der Waals surface area contributed by atoms with E-state index in [1.54, 1.807) is 30.5 Å². The van der Waals surface area contributed by atoms with Gasteiger partial charge in [-0.15, -0.1) is 0 Å². The molecule has 18 heavy (non-hydrogen) atoms. The van der Waals surface area contributed by atoms with Gasteiger partial charge >= 0.3 is 0 Å². The van der Waals surface area contributed by atoms with Crippen molar-refractivity contribution in [1.29, 1.82) is 0 Å². The number of carbonyl (C=O) groups excluding carboxylic acids is 2. The fraction of sp³-hybridized carbons (Fsp3) is 0.0714. The summed E-state index contributed by atoms with van der Waals surface area (Å²) >= 11 is 0. The molecule has 0 bridgehead atoms. The zero-order valence-electron chi connectivity index (χ0n) is 9.88. The number of rotatable bonds is 0. The maximum atomic E-state index is 11.0. The molecule has 0 unspecified atom stereocenters. The maximum absolute atomic E-state index is 11.0. The first-order valence-electron chi connectivity index (χ1n) is 5.51. The van der Waals surface area contributed by atoms with Crippen molar-refractivity contribution in [2.24, 2.45) is 0 Å². The summed E-state index contributed by atoms with van der Waals surface area (Å²) < 4.78 is 0. The largest absolute Gasteiger partial charge is 0.318 e. The molecule has 4 heteroatoms. The summed E-state index contributed by atoms with van der Waals surface area (Å²) in [5.41, 5.74) is 2.16. The average Bonchev–Trinajstić information content (AvgIpc) is 2.68. The Morgan fingerprint density at radius 1 is 1.00 bits per heavy atom. The van der Waals surface area contributed by atoms with Gasteiger partial charge in [-0.1, -0.05) is 18.2 Å². The van der Waals surface area contributed by atoms with Gasteiger partial charge in [-0.05, 0) is 31.2 Å². The predicted molar refractivity (Wildman–Crippen MR) is 68.4 cm³/mol. The van der Waals surface area contributed by atoms with Crippen LogP contribution in [-0.4, -0.2) is 16.7 Å². The Balaban J connectivity index is 0.000000149. The van der Waals surface area contributed by atoms with E-state index in [1.165, 1.54) is 0 Å². The lowest BCUT2D eigenvalue weighted by atomic mass is 10.1. The Morgan fingerprint density at radius 2 is 1.72 bits per heavy atom. The first-order valence-corrected chi connectivity index (χ1v) is 5.51. The van der Waals surface area contributed by atoms with Gasteiger partial charge in [-0.2, -0.15) is 0 Å². The number of pyridine rings is 1. The number of Topliss-reactive ketones (excluding diaryl/α,β-unsaturated/α-hetero) is 1. The highest BCUT2D eigenvalue weighted by atomic mass is 16.2. The number of nitrogens with zero attached hydrogens (tertiary/aromatic N) is 1. The number of nitrogens with one attached hydrogen (secondary N) is 1. The molecule has 0 atom stereocenters. The van der Waals surface area contributed by atoms with Crippen LogP contribution >= 0.6 is 0 Å². The Kier molecular flexibility index (Phi) is 3.48. The molecule has 0 saturated heterocycles. The van der Waals surface area contributed by atoms with Crippen molar-refractivity contribution >= 4 is 17.4 Å². The molecule has 1 aromatic heterocycles. The van der Waals surface area contributed by atoms with Gasteiger partial charge in [0.25, 0.3) is 11.7 Å². The van der Waals surface area contributed by atoms with Gasteiger partial charge in [0.2, 0.25) is 0 Å². The van der Waals surface area contributed by atoms with Crippen LogP contribution in [0, 0.1) is 6.92 Å². The normalized spacial score (nSPS) is 12.3. The van der Waals surface area contributed by atoms with Gasteiger partial charge in [0.1, 0.15) is 0 Å². The number of para-hydroxylation sites is 1. The third-order valence-corrected chi connectivity index (χ3v) is 2.44. The van der Waals surface area contributed by atoms with Crippen molar-refractivity contribution in [2.75, 3.05) is 5.32 Å². The molecule has 4 nitrogen and oxygen atoms in total. The van der Waals surface area contributed by atoms with Crippen LogP contribution in [0.3, 0.4) is 0 Å². The number of benzene rings is 1. The summed E-state index contributed by atoms with van der Waals surface area (Å²) in [6.45, 7) is 1.97. The van der Waals surface area contributed by atoms with Gasteiger partial charge in [0.15, 0.2) is 0 Å². The molecule has 90 valence electrons. The van der Waals surface area contributed by atoms with Crippen LogP contribution < -0.4 is 5.32 Å². The number of amides is 1. The summed E-state index contributed by atoms with van der Waals surface area (Å²) in [4.78, 5) is 25.7. The number of aromatic nitrogens is 1. The molecule has 3 rings (SSSR count). The topological polar surface area (TPSA) is 59.1 Å².